The maximum Gasteiger partial charge on any atom is 0.243 e. The number of hydrogen-bond acceptors (Lipinski definition) is 3. The zero-order valence-corrected chi connectivity index (χ0v) is 17.8. The molecule has 0 radical (unpaired) electrons. The van der Waals surface area contributed by atoms with Gasteiger partial charge in [0.15, 0.2) is 0 Å². The lowest BCUT2D eigenvalue weighted by Crippen LogP contribution is -2.37. The predicted octanol–water partition coefficient (Wildman–Crippen LogP) is 4.62. The number of aryl methyl sites for hydroxylation is 1. The Bertz CT molecular complexity index is 1130. The number of carbonyl (C=O) groups is 1. The summed E-state index contributed by atoms with van der Waals surface area (Å²) in [5, 5.41) is 2.98. The normalized spacial score (nSPS) is 11.5. The number of sulfonamides is 1. The number of nitrogens with one attached hydrogen (secondary N) is 1. The van der Waals surface area contributed by atoms with Gasteiger partial charge in [0.25, 0.3) is 0 Å². The Kier molecular flexibility index (Phi) is 6.87. The van der Waals surface area contributed by atoms with Crippen molar-refractivity contribution in [3.8, 4) is 0 Å². The van der Waals surface area contributed by atoms with E-state index in [-0.39, 0.29) is 11.4 Å². The average Bonchev–Trinajstić information content (AvgIpc) is 2.71. The SMILES string of the molecule is Cc1ccc(S(=O)(=O)N(CC(=O)Nc2ccccc2Cl)Cc2ccc(F)cc2)cc1. The van der Waals surface area contributed by atoms with Gasteiger partial charge in [0, 0.05) is 6.54 Å². The third kappa shape index (κ3) is 5.44. The fourth-order valence-corrected chi connectivity index (χ4v) is 4.36. The molecule has 0 aliphatic carbocycles. The summed E-state index contributed by atoms with van der Waals surface area (Å²) in [6, 6.07) is 18.5. The van der Waals surface area contributed by atoms with Crippen LogP contribution in [0.3, 0.4) is 0 Å². The summed E-state index contributed by atoms with van der Waals surface area (Å²) >= 11 is 6.07. The third-order valence-corrected chi connectivity index (χ3v) is 6.53. The molecule has 3 rings (SSSR count). The highest BCUT2D eigenvalue weighted by Gasteiger charge is 2.27. The molecule has 156 valence electrons. The summed E-state index contributed by atoms with van der Waals surface area (Å²) in [5.41, 5.74) is 1.85. The van der Waals surface area contributed by atoms with E-state index in [9.17, 15) is 17.6 Å². The number of anilines is 1. The topological polar surface area (TPSA) is 66.5 Å². The molecular formula is C22H20ClFN2O3S. The quantitative estimate of drug-likeness (QED) is 0.576. The van der Waals surface area contributed by atoms with Gasteiger partial charge in [0.05, 0.1) is 22.2 Å². The van der Waals surface area contributed by atoms with E-state index in [2.05, 4.69) is 5.32 Å². The van der Waals surface area contributed by atoms with E-state index in [0.29, 0.717) is 16.3 Å². The van der Waals surface area contributed by atoms with Crippen LogP contribution in [0, 0.1) is 12.7 Å². The molecule has 1 amide bonds. The fourth-order valence-electron chi connectivity index (χ4n) is 2.79. The zero-order chi connectivity index (χ0) is 21.7. The Morgan fingerprint density at radius 2 is 1.63 bits per heavy atom. The highest BCUT2D eigenvalue weighted by atomic mass is 35.5. The van der Waals surface area contributed by atoms with Crippen LogP contribution in [-0.4, -0.2) is 25.2 Å². The smallest absolute Gasteiger partial charge is 0.243 e. The molecule has 30 heavy (non-hydrogen) atoms. The second-order valence-corrected chi connectivity index (χ2v) is 9.09. The maximum atomic E-state index is 13.2. The van der Waals surface area contributed by atoms with Crippen LogP contribution in [0.25, 0.3) is 0 Å². The van der Waals surface area contributed by atoms with Gasteiger partial charge >= 0.3 is 0 Å². The van der Waals surface area contributed by atoms with Gasteiger partial charge in [-0.2, -0.15) is 4.31 Å². The fraction of sp³-hybridized carbons (Fsp3) is 0.136. The van der Waals surface area contributed by atoms with Crippen molar-refractivity contribution in [2.45, 2.75) is 18.4 Å². The standard InChI is InChI=1S/C22H20ClFN2O3S/c1-16-6-12-19(13-7-16)30(28,29)26(14-17-8-10-18(24)11-9-17)15-22(27)25-21-5-3-2-4-20(21)23/h2-13H,14-15H2,1H3,(H,25,27). The van der Waals surface area contributed by atoms with Gasteiger partial charge in [0.2, 0.25) is 15.9 Å². The van der Waals surface area contributed by atoms with Crippen molar-refractivity contribution in [3.63, 3.8) is 0 Å². The van der Waals surface area contributed by atoms with Crippen LogP contribution in [0.1, 0.15) is 11.1 Å². The van der Waals surface area contributed by atoms with Crippen LogP contribution in [-0.2, 0) is 21.4 Å². The Labute approximate surface area is 180 Å². The van der Waals surface area contributed by atoms with Crippen molar-refractivity contribution in [3.05, 3.63) is 94.8 Å². The number of benzene rings is 3. The zero-order valence-electron chi connectivity index (χ0n) is 16.2. The van der Waals surface area contributed by atoms with Gasteiger partial charge in [-0.1, -0.05) is 53.6 Å². The van der Waals surface area contributed by atoms with Crippen molar-refractivity contribution < 1.29 is 17.6 Å². The Hall–Kier alpha value is -2.74. The molecule has 0 aliphatic heterocycles. The lowest BCUT2D eigenvalue weighted by molar-refractivity contribution is -0.116. The van der Waals surface area contributed by atoms with E-state index in [0.717, 1.165) is 9.87 Å². The van der Waals surface area contributed by atoms with E-state index in [4.69, 9.17) is 11.6 Å². The highest BCUT2D eigenvalue weighted by Crippen LogP contribution is 2.22. The average molecular weight is 447 g/mol. The summed E-state index contributed by atoms with van der Waals surface area (Å²) in [6.45, 7) is 1.33. The first-order valence-electron chi connectivity index (χ1n) is 9.11. The van der Waals surface area contributed by atoms with E-state index < -0.39 is 28.3 Å². The molecule has 0 unspecified atom stereocenters. The van der Waals surface area contributed by atoms with E-state index in [1.807, 2.05) is 6.92 Å². The minimum Gasteiger partial charge on any atom is -0.324 e. The molecule has 0 aliphatic rings. The predicted molar refractivity (Wildman–Crippen MR) is 115 cm³/mol. The molecule has 0 saturated heterocycles. The molecule has 0 heterocycles. The van der Waals surface area contributed by atoms with Crippen LogP contribution in [0.15, 0.2) is 77.7 Å². The van der Waals surface area contributed by atoms with Gasteiger partial charge in [-0.25, -0.2) is 12.8 Å². The lowest BCUT2D eigenvalue weighted by atomic mass is 10.2. The molecule has 5 nitrogen and oxygen atoms in total. The van der Waals surface area contributed by atoms with Crippen LogP contribution >= 0.6 is 11.6 Å². The summed E-state index contributed by atoms with van der Waals surface area (Å²) in [7, 11) is -3.98. The minimum absolute atomic E-state index is 0.0701. The maximum absolute atomic E-state index is 13.2. The van der Waals surface area contributed by atoms with Crippen molar-refractivity contribution in [1.82, 2.24) is 4.31 Å². The number of carbonyl (C=O) groups excluding carboxylic acids is 1. The third-order valence-electron chi connectivity index (χ3n) is 4.40. The van der Waals surface area contributed by atoms with Crippen molar-refractivity contribution >= 4 is 33.2 Å². The van der Waals surface area contributed by atoms with Crippen molar-refractivity contribution in [2.24, 2.45) is 0 Å². The van der Waals surface area contributed by atoms with Crippen LogP contribution in [0.4, 0.5) is 10.1 Å². The molecular weight excluding hydrogens is 427 g/mol. The van der Waals surface area contributed by atoms with Gasteiger partial charge in [-0.3, -0.25) is 4.79 Å². The largest absolute Gasteiger partial charge is 0.324 e. The van der Waals surface area contributed by atoms with Gasteiger partial charge < -0.3 is 5.32 Å². The van der Waals surface area contributed by atoms with Gasteiger partial charge in [-0.05, 0) is 48.9 Å². The summed E-state index contributed by atoms with van der Waals surface area (Å²) in [5.74, 6) is -0.968. The van der Waals surface area contributed by atoms with Gasteiger partial charge in [0.1, 0.15) is 5.82 Å². The number of hydrogen-bond donors (Lipinski definition) is 1. The number of nitrogens with zero attached hydrogens (tertiary/aromatic N) is 1. The Morgan fingerprint density at radius 3 is 2.27 bits per heavy atom. The summed E-state index contributed by atoms with van der Waals surface area (Å²) in [6.07, 6.45) is 0. The van der Waals surface area contributed by atoms with E-state index in [1.165, 1.54) is 36.4 Å². The molecule has 3 aromatic carbocycles. The summed E-state index contributed by atoms with van der Waals surface area (Å²) in [4.78, 5) is 12.7. The highest BCUT2D eigenvalue weighted by molar-refractivity contribution is 7.89. The first-order chi connectivity index (χ1) is 14.3. The van der Waals surface area contributed by atoms with Crippen LogP contribution < -0.4 is 5.32 Å². The second kappa shape index (κ2) is 9.38. The minimum atomic E-state index is -3.98. The Balaban J connectivity index is 1.88. The first kappa shape index (κ1) is 22.0. The number of amides is 1. The molecule has 1 N–H and O–H groups in total. The number of para-hydroxylation sites is 1. The molecule has 0 bridgehead atoms. The van der Waals surface area contributed by atoms with Gasteiger partial charge in [-0.15, -0.1) is 0 Å². The molecule has 3 aromatic rings. The first-order valence-corrected chi connectivity index (χ1v) is 10.9. The van der Waals surface area contributed by atoms with E-state index >= 15 is 0 Å². The molecule has 0 atom stereocenters. The number of halogens is 2. The molecule has 0 fully saturated rings. The molecule has 0 aromatic heterocycles. The second-order valence-electron chi connectivity index (χ2n) is 6.74. The summed E-state index contributed by atoms with van der Waals surface area (Å²) < 4.78 is 40.7. The van der Waals surface area contributed by atoms with E-state index in [1.54, 1.807) is 36.4 Å². The lowest BCUT2D eigenvalue weighted by Gasteiger charge is -2.22. The van der Waals surface area contributed by atoms with Crippen LogP contribution in [0.5, 0.6) is 0 Å². The molecule has 0 saturated carbocycles. The number of rotatable bonds is 7. The molecule has 0 spiro atoms. The van der Waals surface area contributed by atoms with Crippen molar-refractivity contribution in [2.75, 3.05) is 11.9 Å². The van der Waals surface area contributed by atoms with Crippen LogP contribution in [0.2, 0.25) is 5.02 Å². The Morgan fingerprint density at radius 1 is 1.00 bits per heavy atom. The van der Waals surface area contributed by atoms with Crippen molar-refractivity contribution in [1.29, 1.82) is 0 Å². The molecule has 8 heteroatoms. The monoisotopic (exact) mass is 446 g/mol.